The number of aromatic nitrogens is 3. The first-order valence-corrected chi connectivity index (χ1v) is 10.2. The second kappa shape index (κ2) is 6.70. The molecule has 0 bridgehead atoms. The second-order valence-corrected chi connectivity index (χ2v) is 8.49. The molecule has 1 radical (unpaired) electrons. The van der Waals surface area contributed by atoms with Crippen LogP contribution in [0.5, 0.6) is 0 Å². The summed E-state index contributed by atoms with van der Waals surface area (Å²) < 4.78 is 2.87. The molecule has 0 unspecified atom stereocenters. The number of halogens is 1. The van der Waals surface area contributed by atoms with Crippen molar-refractivity contribution in [2.24, 2.45) is 5.92 Å². The average Bonchev–Trinajstić information content (AvgIpc) is 3.35. The molecule has 1 fully saturated rings. The molecule has 5 rings (SSSR count). The quantitative estimate of drug-likeness (QED) is 0.478. The van der Waals surface area contributed by atoms with Gasteiger partial charge in [0.15, 0.2) is 5.65 Å². The zero-order valence-electron chi connectivity index (χ0n) is 14.8. The molecule has 0 saturated heterocycles. The molecular weight excluding hydrogens is 396 g/mol. The van der Waals surface area contributed by atoms with Crippen LogP contribution in [0.25, 0.3) is 27.0 Å². The van der Waals surface area contributed by atoms with Crippen LogP contribution in [0.2, 0.25) is 5.02 Å². The molecule has 3 aromatic heterocycles. The van der Waals surface area contributed by atoms with Gasteiger partial charge in [0.05, 0.1) is 17.8 Å². The van der Waals surface area contributed by atoms with Gasteiger partial charge in [0.25, 0.3) is 0 Å². The molecule has 143 valence electrons. The van der Waals surface area contributed by atoms with E-state index in [0.717, 1.165) is 21.3 Å². The minimum absolute atomic E-state index is 0.208. The summed E-state index contributed by atoms with van der Waals surface area (Å²) in [5.74, 6) is 0.499. The number of aliphatic hydroxyl groups excluding tert-OH is 2. The molecule has 3 heterocycles. The molecule has 1 aliphatic carbocycles. The molecule has 0 aliphatic heterocycles. The minimum Gasteiger partial charge on any atom is -0.390 e. The SMILES string of the molecule is [CH2][C@@H]1C[C@@H](Nc2ccnc3cc(-c4csc5ccc(Cl)cc45)nn23)[C@H](O)[C@@H]1O. The Morgan fingerprint density at radius 2 is 2.07 bits per heavy atom. The van der Waals surface area contributed by atoms with Crippen LogP contribution in [0.1, 0.15) is 6.42 Å². The van der Waals surface area contributed by atoms with Crippen molar-refractivity contribution >= 4 is 44.5 Å². The van der Waals surface area contributed by atoms with Crippen LogP contribution in [-0.2, 0) is 0 Å². The fraction of sp³-hybridized carbons (Fsp3) is 0.250. The highest BCUT2D eigenvalue weighted by molar-refractivity contribution is 7.17. The van der Waals surface area contributed by atoms with Crippen molar-refractivity contribution in [1.82, 2.24) is 14.6 Å². The van der Waals surface area contributed by atoms with Crippen molar-refractivity contribution in [3.63, 3.8) is 0 Å². The van der Waals surface area contributed by atoms with E-state index in [0.29, 0.717) is 22.9 Å². The molecule has 0 amide bonds. The lowest BCUT2D eigenvalue weighted by atomic mass is 10.1. The zero-order chi connectivity index (χ0) is 19.4. The summed E-state index contributed by atoms with van der Waals surface area (Å²) in [6, 6.07) is 9.28. The predicted octanol–water partition coefficient (Wildman–Crippen LogP) is 3.62. The van der Waals surface area contributed by atoms with E-state index in [-0.39, 0.29) is 12.0 Å². The van der Waals surface area contributed by atoms with Gasteiger partial charge in [-0.2, -0.15) is 9.61 Å². The van der Waals surface area contributed by atoms with Crippen molar-refractivity contribution in [3.8, 4) is 11.3 Å². The van der Waals surface area contributed by atoms with Crippen molar-refractivity contribution in [2.45, 2.75) is 24.7 Å². The van der Waals surface area contributed by atoms with E-state index in [1.807, 2.05) is 30.3 Å². The summed E-state index contributed by atoms with van der Waals surface area (Å²) in [6.07, 6.45) is 0.577. The standard InChI is InChI=1S/C20H18ClN4O2S/c1-10-6-15(20(27)19(10)26)23-17-4-5-22-18-8-14(24-25(17)18)13-9-28-16-3-2-11(21)7-12(13)16/h2-5,7-10,15,19-20,23,26-27H,1,6H2/t10-,15-,19-,20+/m1/s1. The van der Waals surface area contributed by atoms with Gasteiger partial charge in [-0.15, -0.1) is 11.3 Å². The van der Waals surface area contributed by atoms with E-state index >= 15 is 0 Å². The Bertz CT molecular complexity index is 1170. The Morgan fingerprint density at radius 3 is 2.86 bits per heavy atom. The minimum atomic E-state index is -0.872. The lowest BCUT2D eigenvalue weighted by Crippen LogP contribution is -2.35. The topological polar surface area (TPSA) is 82.7 Å². The van der Waals surface area contributed by atoms with Crippen LogP contribution >= 0.6 is 22.9 Å². The number of nitrogens with one attached hydrogen (secondary N) is 1. The summed E-state index contributed by atoms with van der Waals surface area (Å²) in [7, 11) is 0. The molecule has 1 saturated carbocycles. The Labute approximate surface area is 170 Å². The van der Waals surface area contributed by atoms with E-state index in [1.54, 1.807) is 22.0 Å². The lowest BCUT2D eigenvalue weighted by Gasteiger charge is -2.19. The van der Waals surface area contributed by atoms with E-state index in [9.17, 15) is 10.2 Å². The molecule has 8 heteroatoms. The van der Waals surface area contributed by atoms with Crippen LogP contribution in [0.3, 0.4) is 0 Å². The van der Waals surface area contributed by atoms with Gasteiger partial charge in [0.2, 0.25) is 0 Å². The summed E-state index contributed by atoms with van der Waals surface area (Å²) in [6.45, 7) is 3.90. The number of hydrogen-bond acceptors (Lipinski definition) is 6. The first-order chi connectivity index (χ1) is 13.5. The third-order valence-corrected chi connectivity index (χ3v) is 6.50. The van der Waals surface area contributed by atoms with Crippen LogP contribution in [0.15, 0.2) is 41.9 Å². The van der Waals surface area contributed by atoms with Gasteiger partial charge in [0, 0.05) is 38.3 Å². The van der Waals surface area contributed by atoms with Crippen LogP contribution in [0.4, 0.5) is 5.82 Å². The highest BCUT2D eigenvalue weighted by Gasteiger charge is 2.39. The highest BCUT2D eigenvalue weighted by atomic mass is 35.5. The fourth-order valence-corrected chi connectivity index (χ4v) is 4.90. The number of nitrogens with zero attached hydrogens (tertiary/aromatic N) is 3. The first kappa shape index (κ1) is 17.9. The van der Waals surface area contributed by atoms with Gasteiger partial charge in [-0.1, -0.05) is 11.6 Å². The lowest BCUT2D eigenvalue weighted by molar-refractivity contribution is 0.0256. The van der Waals surface area contributed by atoms with Crippen LogP contribution < -0.4 is 5.32 Å². The molecule has 1 aromatic carbocycles. The van der Waals surface area contributed by atoms with Crippen molar-refractivity contribution in [2.75, 3.05) is 5.32 Å². The molecule has 0 spiro atoms. The Morgan fingerprint density at radius 1 is 1.21 bits per heavy atom. The number of thiophene rings is 1. The highest BCUT2D eigenvalue weighted by Crippen LogP contribution is 2.35. The Balaban J connectivity index is 1.55. The maximum atomic E-state index is 10.3. The third kappa shape index (κ3) is 2.86. The summed E-state index contributed by atoms with van der Waals surface area (Å²) in [4.78, 5) is 4.41. The van der Waals surface area contributed by atoms with Gasteiger partial charge < -0.3 is 15.5 Å². The summed E-state index contributed by atoms with van der Waals surface area (Å²) in [5.41, 5.74) is 2.51. The van der Waals surface area contributed by atoms with Crippen LogP contribution in [0, 0.1) is 12.8 Å². The monoisotopic (exact) mass is 413 g/mol. The number of anilines is 1. The van der Waals surface area contributed by atoms with Gasteiger partial charge >= 0.3 is 0 Å². The van der Waals surface area contributed by atoms with E-state index < -0.39 is 12.2 Å². The number of rotatable bonds is 3. The van der Waals surface area contributed by atoms with Gasteiger partial charge in [-0.3, -0.25) is 0 Å². The molecule has 6 nitrogen and oxygen atoms in total. The molecule has 4 atom stereocenters. The zero-order valence-corrected chi connectivity index (χ0v) is 16.4. The average molecular weight is 414 g/mol. The number of hydrogen-bond donors (Lipinski definition) is 3. The third-order valence-electron chi connectivity index (χ3n) is 5.30. The predicted molar refractivity (Wildman–Crippen MR) is 112 cm³/mol. The van der Waals surface area contributed by atoms with Crippen molar-refractivity contribution in [3.05, 3.63) is 53.9 Å². The van der Waals surface area contributed by atoms with E-state index in [2.05, 4.69) is 22.6 Å². The maximum Gasteiger partial charge on any atom is 0.157 e. The fourth-order valence-electron chi connectivity index (χ4n) is 3.79. The van der Waals surface area contributed by atoms with E-state index in [4.69, 9.17) is 16.7 Å². The normalized spacial score (nSPS) is 25.0. The smallest absolute Gasteiger partial charge is 0.157 e. The van der Waals surface area contributed by atoms with Gasteiger partial charge in [0.1, 0.15) is 11.9 Å². The van der Waals surface area contributed by atoms with Crippen molar-refractivity contribution < 1.29 is 10.2 Å². The Kier molecular flexibility index (Phi) is 4.28. The van der Waals surface area contributed by atoms with Gasteiger partial charge in [-0.25, -0.2) is 4.98 Å². The largest absolute Gasteiger partial charge is 0.390 e. The van der Waals surface area contributed by atoms with E-state index in [1.165, 1.54) is 0 Å². The van der Waals surface area contributed by atoms with Crippen molar-refractivity contribution in [1.29, 1.82) is 0 Å². The van der Waals surface area contributed by atoms with Gasteiger partial charge in [-0.05, 0) is 43.5 Å². The van der Waals surface area contributed by atoms with Crippen LogP contribution in [-0.4, -0.2) is 43.1 Å². The number of benzene rings is 1. The first-order valence-electron chi connectivity index (χ1n) is 8.99. The maximum absolute atomic E-state index is 10.3. The number of aliphatic hydroxyl groups is 2. The molecule has 4 aromatic rings. The molecular formula is C20H18ClN4O2S. The molecule has 28 heavy (non-hydrogen) atoms. The summed E-state index contributed by atoms with van der Waals surface area (Å²) >= 11 is 7.83. The molecule has 1 aliphatic rings. The molecule has 3 N–H and O–H groups in total. The number of fused-ring (bicyclic) bond motifs is 2. The summed E-state index contributed by atoms with van der Waals surface area (Å²) in [5, 5.41) is 32.1. The Hall–Kier alpha value is -2.19. The second-order valence-electron chi connectivity index (χ2n) is 7.15.